The molecule has 4 rings (SSSR count). The molecular formula is C28H29Cl2N3O4S. The van der Waals surface area contributed by atoms with Crippen molar-refractivity contribution in [3.8, 4) is 0 Å². The van der Waals surface area contributed by atoms with Gasteiger partial charge in [-0.1, -0.05) is 41.4 Å². The first-order chi connectivity index (χ1) is 18.3. The summed E-state index contributed by atoms with van der Waals surface area (Å²) < 4.78 is 28.1. The lowest BCUT2D eigenvalue weighted by molar-refractivity contribution is 0.0950. The zero-order chi connectivity index (χ0) is 27.1. The Kier molecular flexibility index (Phi) is 9.44. The molecule has 1 aliphatic heterocycles. The summed E-state index contributed by atoms with van der Waals surface area (Å²) in [6, 6.07) is 17.8. The third kappa shape index (κ3) is 6.74. The van der Waals surface area contributed by atoms with E-state index in [1.165, 1.54) is 54.6 Å². The number of carbonyl (C=O) groups is 2. The van der Waals surface area contributed by atoms with Crippen molar-refractivity contribution in [2.24, 2.45) is 5.92 Å². The second-order valence-electron chi connectivity index (χ2n) is 9.15. The largest absolute Gasteiger partial charge is 0.352 e. The number of hydrogen-bond donors (Lipinski definition) is 2. The highest BCUT2D eigenvalue weighted by atomic mass is 35.5. The molecule has 0 saturated carbocycles. The Morgan fingerprint density at radius 3 is 2.29 bits per heavy atom. The average molecular weight is 575 g/mol. The maximum Gasteiger partial charge on any atom is 0.273 e. The van der Waals surface area contributed by atoms with Crippen LogP contribution in [0.2, 0.25) is 10.0 Å². The molecule has 2 N–H and O–H groups in total. The quantitative estimate of drug-likeness (QED) is 0.328. The second kappa shape index (κ2) is 12.8. The highest BCUT2D eigenvalue weighted by Crippen LogP contribution is 2.29. The van der Waals surface area contributed by atoms with Crippen LogP contribution in [0.4, 0.5) is 5.69 Å². The van der Waals surface area contributed by atoms with Crippen molar-refractivity contribution >= 4 is 50.7 Å². The van der Waals surface area contributed by atoms with E-state index in [-0.39, 0.29) is 27.1 Å². The van der Waals surface area contributed by atoms with Crippen LogP contribution in [-0.4, -0.2) is 39.9 Å². The number of nitrogens with one attached hydrogen (secondary N) is 2. The van der Waals surface area contributed by atoms with Gasteiger partial charge in [-0.05, 0) is 99.3 Å². The lowest BCUT2D eigenvalue weighted by atomic mass is 9.93. The molecule has 1 heterocycles. The predicted octanol–water partition coefficient (Wildman–Crippen LogP) is 5.54. The minimum Gasteiger partial charge on any atom is -0.352 e. The molecule has 200 valence electrons. The number of halogens is 2. The maximum absolute atomic E-state index is 13.7. The third-order valence-electron chi connectivity index (χ3n) is 6.52. The average Bonchev–Trinajstić information content (AvgIpc) is 2.92. The smallest absolute Gasteiger partial charge is 0.273 e. The zero-order valence-electron chi connectivity index (χ0n) is 20.7. The molecule has 0 unspecified atom stereocenters. The summed E-state index contributed by atoms with van der Waals surface area (Å²) in [5.74, 6) is -0.410. The Morgan fingerprint density at radius 2 is 1.63 bits per heavy atom. The van der Waals surface area contributed by atoms with Crippen LogP contribution in [0.5, 0.6) is 0 Å². The van der Waals surface area contributed by atoms with E-state index >= 15 is 0 Å². The summed E-state index contributed by atoms with van der Waals surface area (Å²) in [6.07, 6.45) is 4.29. The summed E-state index contributed by atoms with van der Waals surface area (Å²) in [5, 5.41) is 6.61. The van der Waals surface area contributed by atoms with Crippen molar-refractivity contribution in [3.63, 3.8) is 0 Å². The highest BCUT2D eigenvalue weighted by molar-refractivity contribution is 7.93. The summed E-state index contributed by atoms with van der Waals surface area (Å²) in [4.78, 5) is 26.0. The molecule has 7 nitrogen and oxygen atoms in total. The van der Waals surface area contributed by atoms with Gasteiger partial charge in [-0.3, -0.25) is 9.59 Å². The number of para-hydroxylation sites is 1. The van der Waals surface area contributed by atoms with Gasteiger partial charge in [-0.2, -0.15) is 4.31 Å². The monoisotopic (exact) mass is 573 g/mol. The number of anilines is 1. The predicted molar refractivity (Wildman–Crippen MR) is 151 cm³/mol. The first-order valence-corrected chi connectivity index (χ1v) is 14.7. The number of sulfonamides is 1. The van der Waals surface area contributed by atoms with E-state index in [0.29, 0.717) is 27.4 Å². The molecule has 3 aromatic rings. The van der Waals surface area contributed by atoms with Crippen molar-refractivity contribution in [3.05, 3.63) is 94.0 Å². The third-order valence-corrected chi connectivity index (χ3v) is 8.80. The van der Waals surface area contributed by atoms with E-state index < -0.39 is 15.9 Å². The van der Waals surface area contributed by atoms with Crippen LogP contribution in [0.25, 0.3) is 0 Å². The fraction of sp³-hybridized carbons (Fsp3) is 0.286. The topological polar surface area (TPSA) is 95.6 Å². The molecule has 38 heavy (non-hydrogen) atoms. The van der Waals surface area contributed by atoms with Crippen LogP contribution in [0.15, 0.2) is 77.7 Å². The standard InChI is InChI=1S/C28H29Cl2N3O4S/c29-22-10-13-25(26(30)19-22)28(35)33(23-6-2-1-3-7-23)38(36,37)24-11-8-21(9-12-24)27(34)32-16-4-5-20-14-17-31-18-15-20/h1-3,6-13,19-20,31H,4-5,14-18H2,(H,32,34). The molecule has 3 aromatic carbocycles. The molecule has 0 aromatic heterocycles. The molecule has 10 heteroatoms. The molecule has 0 aliphatic carbocycles. The van der Waals surface area contributed by atoms with Crippen LogP contribution in [0.3, 0.4) is 0 Å². The molecule has 0 spiro atoms. The molecule has 1 saturated heterocycles. The number of nitrogens with zero attached hydrogens (tertiary/aromatic N) is 1. The van der Waals surface area contributed by atoms with Gasteiger partial charge in [0, 0.05) is 17.1 Å². The zero-order valence-corrected chi connectivity index (χ0v) is 23.0. The van der Waals surface area contributed by atoms with E-state index in [1.807, 2.05) is 0 Å². The molecule has 1 aliphatic rings. The molecule has 1 fully saturated rings. The van der Waals surface area contributed by atoms with Gasteiger partial charge in [0.15, 0.2) is 0 Å². The summed E-state index contributed by atoms with van der Waals surface area (Å²) >= 11 is 12.2. The number of carbonyl (C=O) groups excluding carboxylic acids is 2. The highest BCUT2D eigenvalue weighted by Gasteiger charge is 2.33. The van der Waals surface area contributed by atoms with Crippen molar-refractivity contribution in [1.29, 1.82) is 0 Å². The van der Waals surface area contributed by atoms with E-state index in [4.69, 9.17) is 23.2 Å². The summed E-state index contributed by atoms with van der Waals surface area (Å²) in [7, 11) is -4.35. The van der Waals surface area contributed by atoms with Gasteiger partial charge in [-0.25, -0.2) is 8.42 Å². The number of piperidine rings is 1. The normalized spacial score (nSPS) is 14.2. The molecule has 0 atom stereocenters. The fourth-order valence-electron chi connectivity index (χ4n) is 4.45. The van der Waals surface area contributed by atoms with Gasteiger partial charge in [0.2, 0.25) is 0 Å². The number of hydrogen-bond acceptors (Lipinski definition) is 5. The Labute approximate surface area is 233 Å². The van der Waals surface area contributed by atoms with E-state index in [1.54, 1.807) is 18.2 Å². The van der Waals surface area contributed by atoms with Gasteiger partial charge < -0.3 is 10.6 Å². The van der Waals surface area contributed by atoms with Gasteiger partial charge in [0.1, 0.15) is 0 Å². The van der Waals surface area contributed by atoms with Crippen LogP contribution < -0.4 is 14.9 Å². The number of rotatable bonds is 9. The molecule has 2 amide bonds. The van der Waals surface area contributed by atoms with Gasteiger partial charge in [0.25, 0.3) is 21.8 Å². The minimum absolute atomic E-state index is 0.0102. The van der Waals surface area contributed by atoms with Gasteiger partial charge in [-0.15, -0.1) is 0 Å². The first-order valence-electron chi connectivity index (χ1n) is 12.5. The first kappa shape index (κ1) is 28.1. The van der Waals surface area contributed by atoms with Gasteiger partial charge >= 0.3 is 0 Å². The van der Waals surface area contributed by atoms with Crippen LogP contribution in [-0.2, 0) is 10.0 Å². The summed E-state index contributed by atoms with van der Waals surface area (Å²) in [6.45, 7) is 2.65. The molecule has 0 radical (unpaired) electrons. The minimum atomic E-state index is -4.35. The number of benzene rings is 3. The van der Waals surface area contributed by atoms with Crippen molar-refractivity contribution in [1.82, 2.24) is 10.6 Å². The molecule has 0 bridgehead atoms. The Bertz CT molecular complexity index is 1380. The SMILES string of the molecule is O=C(NCCCC1CCNCC1)c1ccc(S(=O)(=O)N(C(=O)c2ccc(Cl)cc2Cl)c2ccccc2)cc1. The van der Waals surface area contributed by atoms with Crippen LogP contribution >= 0.6 is 23.2 Å². The Balaban J connectivity index is 1.50. The van der Waals surface area contributed by atoms with E-state index in [2.05, 4.69) is 10.6 Å². The maximum atomic E-state index is 13.7. The fourth-order valence-corrected chi connectivity index (χ4v) is 6.35. The van der Waals surface area contributed by atoms with Crippen molar-refractivity contribution in [2.45, 2.75) is 30.6 Å². The summed E-state index contributed by atoms with van der Waals surface area (Å²) in [5.41, 5.74) is 0.479. The van der Waals surface area contributed by atoms with Gasteiger partial charge in [0.05, 0.1) is 21.2 Å². The molecular weight excluding hydrogens is 545 g/mol. The van der Waals surface area contributed by atoms with E-state index in [9.17, 15) is 18.0 Å². The second-order valence-corrected chi connectivity index (χ2v) is 11.8. The van der Waals surface area contributed by atoms with Crippen molar-refractivity contribution < 1.29 is 18.0 Å². The Morgan fingerprint density at radius 1 is 0.947 bits per heavy atom. The van der Waals surface area contributed by atoms with Crippen LogP contribution in [0.1, 0.15) is 46.4 Å². The number of amides is 2. The lowest BCUT2D eigenvalue weighted by Crippen LogP contribution is -2.37. The van der Waals surface area contributed by atoms with E-state index in [0.717, 1.165) is 38.8 Å². The lowest BCUT2D eigenvalue weighted by Gasteiger charge is -2.23. The Hall–Kier alpha value is -2.91. The van der Waals surface area contributed by atoms with Crippen molar-refractivity contribution in [2.75, 3.05) is 23.9 Å². The van der Waals surface area contributed by atoms with Crippen LogP contribution in [0, 0.1) is 5.92 Å².